The molecule has 66 valence electrons. The quantitative estimate of drug-likeness (QED) is 0.548. The summed E-state index contributed by atoms with van der Waals surface area (Å²) in [7, 11) is 3.96. The van der Waals surface area contributed by atoms with Crippen LogP contribution in [-0.2, 0) is 4.79 Å². The van der Waals surface area contributed by atoms with Crippen LogP contribution >= 0.6 is 0 Å². The zero-order valence-corrected chi connectivity index (χ0v) is 7.21. The summed E-state index contributed by atoms with van der Waals surface area (Å²) in [6.45, 7) is 0.945. The highest BCUT2D eigenvalue weighted by Gasteiger charge is 2.07. The Bertz CT molecular complexity index is 125. The first kappa shape index (κ1) is 10.4. The van der Waals surface area contributed by atoms with Gasteiger partial charge in [0.1, 0.15) is 0 Å². The molecule has 0 heterocycles. The molecule has 0 saturated heterocycles. The van der Waals surface area contributed by atoms with Crippen LogP contribution in [0.25, 0.3) is 0 Å². The van der Waals surface area contributed by atoms with Gasteiger partial charge in [0.25, 0.3) is 0 Å². The maximum absolute atomic E-state index is 10.5. The summed E-state index contributed by atoms with van der Waals surface area (Å²) >= 11 is 0. The van der Waals surface area contributed by atoms with Gasteiger partial charge in [-0.2, -0.15) is 0 Å². The van der Waals surface area contributed by atoms with E-state index in [1.54, 1.807) is 0 Å². The minimum Gasteiger partial charge on any atom is -0.368 e. The SMILES string of the molecule is CN(C)CCC[C@H](N)C(N)=O. The van der Waals surface area contributed by atoms with E-state index in [0.29, 0.717) is 6.42 Å². The summed E-state index contributed by atoms with van der Waals surface area (Å²) in [6, 6.07) is -0.477. The summed E-state index contributed by atoms with van der Waals surface area (Å²) < 4.78 is 0. The van der Waals surface area contributed by atoms with Crippen molar-refractivity contribution in [3.8, 4) is 0 Å². The molecular weight excluding hydrogens is 142 g/mol. The molecule has 0 bridgehead atoms. The largest absolute Gasteiger partial charge is 0.368 e. The fourth-order valence-electron chi connectivity index (χ4n) is 0.770. The first-order valence-electron chi connectivity index (χ1n) is 3.73. The molecule has 0 aromatic rings. The van der Waals surface area contributed by atoms with Crippen LogP contribution in [0.2, 0.25) is 0 Å². The highest BCUT2D eigenvalue weighted by Crippen LogP contribution is 1.94. The maximum atomic E-state index is 10.5. The molecule has 0 aromatic heterocycles. The molecule has 0 radical (unpaired) electrons. The first-order chi connectivity index (χ1) is 5.04. The third kappa shape index (κ3) is 5.82. The summed E-state index contributed by atoms with van der Waals surface area (Å²) in [4.78, 5) is 12.5. The lowest BCUT2D eigenvalue weighted by atomic mass is 10.1. The number of nitrogens with two attached hydrogens (primary N) is 2. The molecular formula is C7H17N3O. The number of hydrogen-bond acceptors (Lipinski definition) is 3. The minimum atomic E-state index is -0.477. The van der Waals surface area contributed by atoms with Crippen molar-refractivity contribution in [3.05, 3.63) is 0 Å². The van der Waals surface area contributed by atoms with Crippen molar-refractivity contribution in [1.29, 1.82) is 0 Å². The molecule has 0 aliphatic rings. The number of rotatable bonds is 5. The molecule has 1 atom stereocenters. The normalized spacial score (nSPS) is 13.5. The van der Waals surface area contributed by atoms with Gasteiger partial charge in [0.15, 0.2) is 0 Å². The summed E-state index contributed by atoms with van der Waals surface area (Å²) in [5.74, 6) is -0.413. The topological polar surface area (TPSA) is 72.3 Å². The third-order valence-corrected chi connectivity index (χ3v) is 1.49. The highest BCUT2D eigenvalue weighted by molar-refractivity contribution is 5.79. The molecule has 4 N–H and O–H groups in total. The Labute approximate surface area is 67.5 Å². The minimum absolute atomic E-state index is 0.413. The smallest absolute Gasteiger partial charge is 0.234 e. The summed E-state index contributed by atoms with van der Waals surface area (Å²) in [5.41, 5.74) is 10.4. The average Bonchev–Trinajstić information content (AvgIpc) is 1.86. The van der Waals surface area contributed by atoms with Crippen molar-refractivity contribution >= 4 is 5.91 Å². The van der Waals surface area contributed by atoms with Gasteiger partial charge in [-0.15, -0.1) is 0 Å². The second-order valence-electron chi connectivity index (χ2n) is 2.95. The van der Waals surface area contributed by atoms with E-state index < -0.39 is 11.9 Å². The van der Waals surface area contributed by atoms with Crippen molar-refractivity contribution in [2.75, 3.05) is 20.6 Å². The van der Waals surface area contributed by atoms with E-state index in [0.717, 1.165) is 13.0 Å². The molecule has 1 amide bonds. The summed E-state index contributed by atoms with van der Waals surface area (Å²) in [6.07, 6.45) is 1.59. The second kappa shape index (κ2) is 5.09. The van der Waals surface area contributed by atoms with Crippen LogP contribution in [0.15, 0.2) is 0 Å². The molecule has 0 aliphatic heterocycles. The maximum Gasteiger partial charge on any atom is 0.234 e. The molecule has 0 aliphatic carbocycles. The van der Waals surface area contributed by atoms with Crippen LogP contribution in [0.4, 0.5) is 0 Å². The van der Waals surface area contributed by atoms with Crippen molar-refractivity contribution in [1.82, 2.24) is 4.90 Å². The Kier molecular flexibility index (Phi) is 4.81. The fraction of sp³-hybridized carbons (Fsp3) is 0.857. The zero-order chi connectivity index (χ0) is 8.85. The van der Waals surface area contributed by atoms with Gasteiger partial charge in [0, 0.05) is 0 Å². The first-order valence-corrected chi connectivity index (χ1v) is 3.73. The van der Waals surface area contributed by atoms with Crippen molar-refractivity contribution in [2.45, 2.75) is 18.9 Å². The zero-order valence-electron chi connectivity index (χ0n) is 7.21. The van der Waals surface area contributed by atoms with Gasteiger partial charge < -0.3 is 16.4 Å². The Hall–Kier alpha value is -0.610. The molecule has 0 spiro atoms. The van der Waals surface area contributed by atoms with E-state index >= 15 is 0 Å². The highest BCUT2D eigenvalue weighted by atomic mass is 16.1. The van der Waals surface area contributed by atoms with Crippen molar-refractivity contribution < 1.29 is 4.79 Å². The van der Waals surface area contributed by atoms with Gasteiger partial charge in [0.05, 0.1) is 6.04 Å². The average molecular weight is 159 g/mol. The monoisotopic (exact) mass is 159 g/mol. The van der Waals surface area contributed by atoms with Crippen LogP contribution in [0.3, 0.4) is 0 Å². The van der Waals surface area contributed by atoms with Crippen LogP contribution in [0, 0.1) is 0 Å². The molecule has 4 heteroatoms. The van der Waals surface area contributed by atoms with E-state index in [-0.39, 0.29) is 0 Å². The van der Waals surface area contributed by atoms with Gasteiger partial charge >= 0.3 is 0 Å². The molecule has 4 nitrogen and oxygen atoms in total. The molecule has 0 rings (SSSR count). The van der Waals surface area contributed by atoms with Gasteiger partial charge in [-0.05, 0) is 33.5 Å². The van der Waals surface area contributed by atoms with Gasteiger partial charge in [-0.1, -0.05) is 0 Å². The van der Waals surface area contributed by atoms with Crippen LogP contribution < -0.4 is 11.5 Å². The lowest BCUT2D eigenvalue weighted by Crippen LogP contribution is -2.36. The Morgan fingerprint density at radius 2 is 2.09 bits per heavy atom. The molecule has 11 heavy (non-hydrogen) atoms. The number of hydrogen-bond donors (Lipinski definition) is 2. The van der Waals surface area contributed by atoms with Crippen molar-refractivity contribution in [2.24, 2.45) is 11.5 Å². The van der Waals surface area contributed by atoms with E-state index in [4.69, 9.17) is 11.5 Å². The summed E-state index contributed by atoms with van der Waals surface area (Å²) in [5, 5.41) is 0. The fourth-order valence-corrected chi connectivity index (χ4v) is 0.770. The second-order valence-corrected chi connectivity index (χ2v) is 2.95. The van der Waals surface area contributed by atoms with E-state index in [2.05, 4.69) is 0 Å². The number of primary amides is 1. The Morgan fingerprint density at radius 3 is 2.45 bits per heavy atom. The van der Waals surface area contributed by atoms with Gasteiger partial charge in [0.2, 0.25) is 5.91 Å². The lowest BCUT2D eigenvalue weighted by Gasteiger charge is -2.10. The third-order valence-electron chi connectivity index (χ3n) is 1.49. The lowest BCUT2D eigenvalue weighted by molar-refractivity contribution is -0.119. The number of nitrogens with zero attached hydrogens (tertiary/aromatic N) is 1. The van der Waals surface area contributed by atoms with E-state index in [1.165, 1.54) is 0 Å². The van der Waals surface area contributed by atoms with Crippen molar-refractivity contribution in [3.63, 3.8) is 0 Å². The number of amides is 1. The van der Waals surface area contributed by atoms with E-state index in [1.807, 2.05) is 19.0 Å². The predicted molar refractivity (Wildman–Crippen MR) is 45.0 cm³/mol. The number of carbonyl (C=O) groups is 1. The predicted octanol–water partition coefficient (Wildman–Crippen LogP) is -0.859. The van der Waals surface area contributed by atoms with E-state index in [9.17, 15) is 4.79 Å². The van der Waals surface area contributed by atoms with Crippen LogP contribution in [-0.4, -0.2) is 37.5 Å². The van der Waals surface area contributed by atoms with Gasteiger partial charge in [-0.3, -0.25) is 4.79 Å². The molecule has 0 aromatic carbocycles. The number of carbonyl (C=O) groups excluding carboxylic acids is 1. The van der Waals surface area contributed by atoms with Crippen LogP contribution in [0.1, 0.15) is 12.8 Å². The molecule has 0 fully saturated rings. The molecule has 0 unspecified atom stereocenters. The van der Waals surface area contributed by atoms with Crippen LogP contribution in [0.5, 0.6) is 0 Å². The standard InChI is InChI=1S/C7H17N3O/c1-10(2)5-3-4-6(8)7(9)11/h6H,3-5,8H2,1-2H3,(H2,9,11)/t6-/m0/s1. The Balaban J connectivity index is 3.31. The van der Waals surface area contributed by atoms with Gasteiger partial charge in [-0.25, -0.2) is 0 Å². The molecule has 0 saturated carbocycles. The Morgan fingerprint density at radius 1 is 1.55 bits per heavy atom.